The molecule has 1 aliphatic heterocycles. The second-order valence-corrected chi connectivity index (χ2v) is 8.89. The number of fused-ring (bicyclic) bond motifs is 1. The Morgan fingerprint density at radius 1 is 1.30 bits per heavy atom. The van der Waals surface area contributed by atoms with E-state index in [1.165, 1.54) is 23.1 Å². The predicted octanol–water partition coefficient (Wildman–Crippen LogP) is 3.34. The van der Waals surface area contributed by atoms with Crippen molar-refractivity contribution >= 4 is 29.6 Å². The minimum Gasteiger partial charge on any atom is -0.359 e. The van der Waals surface area contributed by atoms with Crippen LogP contribution in [0.25, 0.3) is 11.3 Å². The van der Waals surface area contributed by atoms with Gasteiger partial charge in [0.25, 0.3) is 0 Å². The molecule has 1 aromatic carbocycles. The van der Waals surface area contributed by atoms with E-state index in [-0.39, 0.29) is 17.3 Å². The lowest BCUT2D eigenvalue weighted by atomic mass is 10.0. The summed E-state index contributed by atoms with van der Waals surface area (Å²) in [6.45, 7) is 1.99. The third-order valence-corrected chi connectivity index (χ3v) is 7.40. The molecule has 27 heavy (non-hydrogen) atoms. The molecule has 2 aromatic rings. The molecular weight excluding hydrogens is 376 g/mol. The molecule has 1 aromatic heterocycles. The van der Waals surface area contributed by atoms with Crippen molar-refractivity contribution in [2.24, 2.45) is 11.1 Å². The second kappa shape index (κ2) is 7.58. The first kappa shape index (κ1) is 18.4. The zero-order valence-corrected chi connectivity index (χ0v) is 16.9. The minimum absolute atomic E-state index is 0.0127. The third-order valence-electron chi connectivity index (χ3n) is 5.12. The molecule has 0 radical (unpaired) electrons. The number of carbonyl (C=O) groups is 1. The number of nitrogens with two attached hydrogens (primary N) is 1. The molecule has 0 spiro atoms. The number of nitrogens with one attached hydrogen (secondary N) is 1. The number of hydrogen-bond donors (Lipinski definition) is 2. The Morgan fingerprint density at radius 2 is 2.11 bits per heavy atom. The average Bonchev–Trinajstić information content (AvgIpc) is 3.30. The van der Waals surface area contributed by atoms with Crippen molar-refractivity contribution in [3.05, 3.63) is 63.7 Å². The summed E-state index contributed by atoms with van der Waals surface area (Å²) in [6.07, 6.45) is 3.38. The summed E-state index contributed by atoms with van der Waals surface area (Å²) >= 11 is 2.83. The van der Waals surface area contributed by atoms with Gasteiger partial charge in [0, 0.05) is 30.4 Å². The number of benzene rings is 1. The minimum atomic E-state index is -0.0867. The Labute approximate surface area is 167 Å². The number of aromatic nitrogens is 1. The molecule has 0 fully saturated rings. The van der Waals surface area contributed by atoms with E-state index >= 15 is 0 Å². The summed E-state index contributed by atoms with van der Waals surface area (Å²) in [7, 11) is 1.87. The highest BCUT2D eigenvalue weighted by Crippen LogP contribution is 2.38. The topological polar surface area (TPSA) is 71.2 Å². The maximum atomic E-state index is 13.1. The van der Waals surface area contributed by atoms with Crippen molar-refractivity contribution in [2.75, 3.05) is 7.05 Å². The molecular formula is C20H22N4OS2. The van der Waals surface area contributed by atoms with Gasteiger partial charge in [-0.1, -0.05) is 30.0 Å². The van der Waals surface area contributed by atoms with Crippen LogP contribution in [-0.2, 0) is 17.6 Å². The monoisotopic (exact) mass is 398 g/mol. The fourth-order valence-electron chi connectivity index (χ4n) is 3.64. The van der Waals surface area contributed by atoms with Crippen LogP contribution in [0.1, 0.15) is 18.1 Å². The maximum absolute atomic E-state index is 13.1. The first-order valence-electron chi connectivity index (χ1n) is 8.87. The normalized spacial score (nSPS) is 21.1. The van der Waals surface area contributed by atoms with Gasteiger partial charge in [0.05, 0.1) is 9.93 Å². The maximum Gasteiger partial charge on any atom is 0.228 e. The zero-order chi connectivity index (χ0) is 19.0. The van der Waals surface area contributed by atoms with Crippen molar-refractivity contribution in [2.45, 2.75) is 25.3 Å². The lowest BCUT2D eigenvalue weighted by Crippen LogP contribution is -2.44. The summed E-state index contributed by atoms with van der Waals surface area (Å²) in [5.74, 6) is 0.160. The van der Waals surface area contributed by atoms with E-state index in [2.05, 4.69) is 28.5 Å². The smallest absolute Gasteiger partial charge is 0.228 e. The van der Waals surface area contributed by atoms with Gasteiger partial charge in [-0.2, -0.15) is 0 Å². The number of nitrogens with zero attached hydrogens (tertiary/aromatic N) is 2. The number of hydrogen-bond acceptors (Lipinski definition) is 6. The van der Waals surface area contributed by atoms with Crippen LogP contribution in [0.15, 0.2) is 52.5 Å². The zero-order valence-electron chi connectivity index (χ0n) is 15.3. The molecule has 2 heterocycles. The fourth-order valence-corrected chi connectivity index (χ4v) is 5.31. The number of rotatable bonds is 4. The average molecular weight is 399 g/mol. The quantitative estimate of drug-likeness (QED) is 0.770. The molecule has 1 aliphatic carbocycles. The molecule has 4 rings (SSSR count). The molecule has 0 bridgehead atoms. The highest BCUT2D eigenvalue weighted by Gasteiger charge is 2.34. The Bertz CT molecular complexity index is 900. The SMILES string of the molecule is CC1=C(SN)SC(N(C)C(=O)[C@@H]2Cc3ccc(-c4ccccn4)cc3C2)N1. The molecule has 5 nitrogen and oxygen atoms in total. The Hall–Kier alpha value is -1.96. The van der Waals surface area contributed by atoms with Gasteiger partial charge in [-0.15, -0.1) is 0 Å². The van der Waals surface area contributed by atoms with Crippen molar-refractivity contribution in [3.63, 3.8) is 0 Å². The van der Waals surface area contributed by atoms with Crippen molar-refractivity contribution in [3.8, 4) is 11.3 Å². The number of allylic oxidation sites excluding steroid dienone is 1. The highest BCUT2D eigenvalue weighted by molar-refractivity contribution is 8.21. The van der Waals surface area contributed by atoms with E-state index in [9.17, 15) is 4.79 Å². The first-order valence-corrected chi connectivity index (χ1v) is 10.6. The van der Waals surface area contributed by atoms with Gasteiger partial charge in [-0.3, -0.25) is 14.9 Å². The van der Waals surface area contributed by atoms with Crippen LogP contribution in [-0.4, -0.2) is 28.3 Å². The molecule has 0 saturated heterocycles. The van der Waals surface area contributed by atoms with Gasteiger partial charge in [-0.05, 0) is 61.0 Å². The molecule has 3 N–H and O–H groups in total. The van der Waals surface area contributed by atoms with E-state index < -0.39 is 0 Å². The Morgan fingerprint density at radius 3 is 2.81 bits per heavy atom. The van der Waals surface area contributed by atoms with Crippen LogP contribution in [0.4, 0.5) is 0 Å². The van der Waals surface area contributed by atoms with Crippen LogP contribution in [0.2, 0.25) is 0 Å². The lowest BCUT2D eigenvalue weighted by molar-refractivity contribution is -0.134. The first-order chi connectivity index (χ1) is 13.1. The van der Waals surface area contributed by atoms with Gasteiger partial charge >= 0.3 is 0 Å². The standard InChI is InChI=1S/C20H22N4OS2/c1-12-19(27-21)26-20(23-12)24(2)18(25)16-9-13-6-7-14(10-15(13)11-16)17-5-3-4-8-22-17/h3-8,10,16,20,23H,9,11,21H2,1-2H3/t16-,20?/m1/s1. The summed E-state index contributed by atoms with van der Waals surface area (Å²) in [5, 5.41) is 9.04. The molecule has 1 amide bonds. The molecule has 2 aliphatic rings. The highest BCUT2D eigenvalue weighted by atomic mass is 32.2. The summed E-state index contributed by atoms with van der Waals surface area (Å²) < 4.78 is 1.04. The van der Waals surface area contributed by atoms with Crippen LogP contribution in [0.3, 0.4) is 0 Å². The van der Waals surface area contributed by atoms with Crippen LogP contribution < -0.4 is 10.5 Å². The van der Waals surface area contributed by atoms with Gasteiger partial charge < -0.3 is 10.2 Å². The van der Waals surface area contributed by atoms with Crippen LogP contribution in [0, 0.1) is 5.92 Å². The van der Waals surface area contributed by atoms with Gasteiger partial charge in [0.1, 0.15) is 0 Å². The predicted molar refractivity (Wildman–Crippen MR) is 112 cm³/mol. The largest absolute Gasteiger partial charge is 0.359 e. The Kier molecular flexibility index (Phi) is 5.16. The summed E-state index contributed by atoms with van der Waals surface area (Å²) in [5.41, 5.74) is 5.54. The lowest BCUT2D eigenvalue weighted by Gasteiger charge is -2.27. The van der Waals surface area contributed by atoms with Gasteiger partial charge in [-0.25, -0.2) is 0 Å². The van der Waals surface area contributed by atoms with E-state index in [0.717, 1.165) is 34.0 Å². The van der Waals surface area contributed by atoms with E-state index in [0.29, 0.717) is 0 Å². The van der Waals surface area contributed by atoms with Crippen LogP contribution >= 0.6 is 23.7 Å². The van der Waals surface area contributed by atoms with Gasteiger partial charge in [0.15, 0.2) is 5.50 Å². The van der Waals surface area contributed by atoms with Crippen LogP contribution in [0.5, 0.6) is 0 Å². The molecule has 7 heteroatoms. The molecule has 140 valence electrons. The van der Waals surface area contributed by atoms with E-state index in [4.69, 9.17) is 5.14 Å². The third kappa shape index (κ3) is 3.59. The molecule has 0 saturated carbocycles. The van der Waals surface area contributed by atoms with Crippen molar-refractivity contribution < 1.29 is 4.79 Å². The summed E-state index contributed by atoms with van der Waals surface area (Å²) in [4.78, 5) is 19.3. The van der Waals surface area contributed by atoms with Crippen molar-refractivity contribution in [1.82, 2.24) is 15.2 Å². The van der Waals surface area contributed by atoms with Crippen molar-refractivity contribution in [1.29, 1.82) is 0 Å². The number of thioether (sulfide) groups is 1. The van der Waals surface area contributed by atoms with Gasteiger partial charge in [0.2, 0.25) is 5.91 Å². The number of carbonyl (C=O) groups excluding carboxylic acids is 1. The van der Waals surface area contributed by atoms with E-state index in [1.807, 2.05) is 37.1 Å². The van der Waals surface area contributed by atoms with E-state index in [1.54, 1.807) is 18.0 Å². The molecule has 1 unspecified atom stereocenters. The number of amides is 1. The fraction of sp³-hybridized carbons (Fsp3) is 0.300. The molecule has 2 atom stereocenters. The Balaban J connectivity index is 1.46. The second-order valence-electron chi connectivity index (χ2n) is 6.90. The summed E-state index contributed by atoms with van der Waals surface area (Å²) in [6, 6.07) is 12.4. The number of pyridine rings is 1.